The molecule has 0 radical (unpaired) electrons. The van der Waals surface area contributed by atoms with Crippen LogP contribution in [0, 0.1) is 12.8 Å². The topological polar surface area (TPSA) is 55.1 Å². The predicted octanol–water partition coefficient (Wildman–Crippen LogP) is 3.57. The van der Waals surface area contributed by atoms with Gasteiger partial charge in [0.25, 0.3) is 5.91 Å². The van der Waals surface area contributed by atoms with Gasteiger partial charge in [-0.05, 0) is 30.9 Å². The van der Waals surface area contributed by atoms with Crippen molar-refractivity contribution in [2.75, 3.05) is 12.3 Å². The molecule has 0 saturated heterocycles. The molecule has 0 fully saturated rings. The first-order valence-corrected chi connectivity index (χ1v) is 7.37. The second-order valence-electron chi connectivity index (χ2n) is 5.28. The van der Waals surface area contributed by atoms with Gasteiger partial charge in [0.2, 0.25) is 0 Å². The number of rotatable bonds is 4. The third-order valence-corrected chi connectivity index (χ3v) is 4.26. The van der Waals surface area contributed by atoms with E-state index in [1.807, 2.05) is 19.1 Å². The molecule has 2 aromatic rings. The van der Waals surface area contributed by atoms with E-state index >= 15 is 0 Å². The van der Waals surface area contributed by atoms with Gasteiger partial charge in [0.15, 0.2) is 0 Å². The molecule has 102 valence electrons. The Balaban J connectivity index is 2.20. The molecule has 1 amide bonds. The van der Waals surface area contributed by atoms with Crippen molar-refractivity contribution in [3.05, 3.63) is 28.6 Å². The minimum Gasteiger partial charge on any atom is -0.397 e. The average molecular weight is 276 g/mol. The predicted molar refractivity (Wildman–Crippen MR) is 82.8 cm³/mol. The Bertz CT molecular complexity index is 601. The number of hydrogen-bond donors (Lipinski definition) is 2. The van der Waals surface area contributed by atoms with Crippen LogP contribution in [0.4, 0.5) is 5.69 Å². The lowest BCUT2D eigenvalue weighted by Gasteiger charge is -2.06. The van der Waals surface area contributed by atoms with E-state index in [4.69, 9.17) is 5.73 Å². The zero-order chi connectivity index (χ0) is 14.0. The number of carbonyl (C=O) groups excluding carboxylic acids is 1. The second kappa shape index (κ2) is 5.61. The zero-order valence-corrected chi connectivity index (χ0v) is 12.4. The summed E-state index contributed by atoms with van der Waals surface area (Å²) in [5, 5.41) is 3.91. The molecule has 0 aliphatic rings. The van der Waals surface area contributed by atoms with Crippen LogP contribution < -0.4 is 11.1 Å². The number of fused-ring (bicyclic) bond motifs is 1. The molecule has 0 aliphatic heterocycles. The summed E-state index contributed by atoms with van der Waals surface area (Å²) in [5.41, 5.74) is 7.85. The van der Waals surface area contributed by atoms with Gasteiger partial charge in [-0.15, -0.1) is 11.3 Å². The highest BCUT2D eigenvalue weighted by Crippen LogP contribution is 2.34. The molecule has 2 rings (SSSR count). The maximum atomic E-state index is 12.1. The average Bonchev–Trinajstić information content (AvgIpc) is 2.65. The SMILES string of the molecule is Cc1ccc2c(N)c(C(=O)NCCC(C)C)sc2c1. The van der Waals surface area contributed by atoms with Crippen LogP contribution in [0.25, 0.3) is 10.1 Å². The lowest BCUT2D eigenvalue weighted by molar-refractivity contribution is 0.0957. The number of thiophene rings is 1. The summed E-state index contributed by atoms with van der Waals surface area (Å²) in [5.74, 6) is 0.528. The van der Waals surface area contributed by atoms with Crippen molar-refractivity contribution in [2.24, 2.45) is 5.92 Å². The Morgan fingerprint density at radius 1 is 1.42 bits per heavy atom. The number of nitrogen functional groups attached to an aromatic ring is 1. The smallest absolute Gasteiger partial charge is 0.263 e. The minimum absolute atomic E-state index is 0.0583. The number of aryl methyl sites for hydroxylation is 1. The Morgan fingerprint density at radius 3 is 2.84 bits per heavy atom. The van der Waals surface area contributed by atoms with Gasteiger partial charge >= 0.3 is 0 Å². The molecule has 0 unspecified atom stereocenters. The number of nitrogens with one attached hydrogen (secondary N) is 1. The number of anilines is 1. The Morgan fingerprint density at radius 2 is 2.16 bits per heavy atom. The monoisotopic (exact) mass is 276 g/mol. The molecule has 4 heteroatoms. The Hall–Kier alpha value is -1.55. The number of carbonyl (C=O) groups is 1. The molecule has 3 N–H and O–H groups in total. The van der Waals surface area contributed by atoms with Crippen LogP contribution in [0.1, 0.15) is 35.5 Å². The first-order chi connectivity index (χ1) is 8.99. The highest BCUT2D eigenvalue weighted by molar-refractivity contribution is 7.21. The summed E-state index contributed by atoms with van der Waals surface area (Å²) >= 11 is 1.47. The van der Waals surface area contributed by atoms with E-state index in [1.165, 1.54) is 16.9 Å². The van der Waals surface area contributed by atoms with Gasteiger partial charge in [-0.2, -0.15) is 0 Å². The zero-order valence-electron chi connectivity index (χ0n) is 11.6. The van der Waals surface area contributed by atoms with E-state index in [0.717, 1.165) is 16.5 Å². The number of benzene rings is 1. The number of amides is 1. The summed E-state index contributed by atoms with van der Waals surface area (Å²) in [6.45, 7) is 7.02. The minimum atomic E-state index is -0.0583. The van der Waals surface area contributed by atoms with Gasteiger partial charge in [-0.3, -0.25) is 4.79 Å². The maximum Gasteiger partial charge on any atom is 0.263 e. The fourth-order valence-corrected chi connectivity index (χ4v) is 3.08. The summed E-state index contributed by atoms with van der Waals surface area (Å²) in [6.07, 6.45) is 0.982. The van der Waals surface area contributed by atoms with Gasteiger partial charge in [-0.1, -0.05) is 26.0 Å². The van der Waals surface area contributed by atoms with Crippen molar-refractivity contribution in [2.45, 2.75) is 27.2 Å². The molecule has 1 aromatic carbocycles. The fraction of sp³-hybridized carbons (Fsp3) is 0.400. The van der Waals surface area contributed by atoms with Crippen LogP contribution in [0.3, 0.4) is 0 Å². The second-order valence-corrected chi connectivity index (χ2v) is 6.34. The van der Waals surface area contributed by atoms with Crippen LogP contribution in [0.2, 0.25) is 0 Å². The van der Waals surface area contributed by atoms with E-state index in [2.05, 4.69) is 25.2 Å². The molecular formula is C15H20N2OS. The van der Waals surface area contributed by atoms with E-state index in [0.29, 0.717) is 23.0 Å². The van der Waals surface area contributed by atoms with Crippen molar-refractivity contribution >= 4 is 33.0 Å². The Kier molecular flexibility index (Phi) is 4.10. The van der Waals surface area contributed by atoms with Crippen LogP contribution in [0.15, 0.2) is 18.2 Å². The Labute approximate surface area is 117 Å². The van der Waals surface area contributed by atoms with Gasteiger partial charge in [0.05, 0.1) is 5.69 Å². The maximum absolute atomic E-state index is 12.1. The van der Waals surface area contributed by atoms with Gasteiger partial charge in [-0.25, -0.2) is 0 Å². The molecule has 0 saturated carbocycles. The third-order valence-electron chi connectivity index (χ3n) is 3.10. The quantitative estimate of drug-likeness (QED) is 0.897. The first kappa shape index (κ1) is 13.9. The fourth-order valence-electron chi connectivity index (χ4n) is 1.95. The highest BCUT2D eigenvalue weighted by Gasteiger charge is 2.15. The molecule has 3 nitrogen and oxygen atoms in total. The van der Waals surface area contributed by atoms with Crippen LogP contribution in [-0.2, 0) is 0 Å². The van der Waals surface area contributed by atoms with Gasteiger partial charge in [0, 0.05) is 16.6 Å². The van der Waals surface area contributed by atoms with Crippen molar-refractivity contribution in [1.82, 2.24) is 5.32 Å². The summed E-state index contributed by atoms with van der Waals surface area (Å²) < 4.78 is 1.08. The highest BCUT2D eigenvalue weighted by atomic mass is 32.1. The molecule has 0 aliphatic carbocycles. The lowest BCUT2D eigenvalue weighted by atomic mass is 10.1. The van der Waals surface area contributed by atoms with Crippen LogP contribution >= 0.6 is 11.3 Å². The molecule has 0 bridgehead atoms. The van der Waals surface area contributed by atoms with Crippen LogP contribution in [0.5, 0.6) is 0 Å². The molecule has 0 spiro atoms. The van der Waals surface area contributed by atoms with E-state index < -0.39 is 0 Å². The van der Waals surface area contributed by atoms with Crippen molar-refractivity contribution in [1.29, 1.82) is 0 Å². The molecule has 1 aromatic heterocycles. The van der Waals surface area contributed by atoms with Crippen molar-refractivity contribution in [3.8, 4) is 0 Å². The summed E-state index contributed by atoms with van der Waals surface area (Å²) in [6, 6.07) is 6.08. The first-order valence-electron chi connectivity index (χ1n) is 6.56. The van der Waals surface area contributed by atoms with E-state index in [1.54, 1.807) is 0 Å². The summed E-state index contributed by atoms with van der Waals surface area (Å²) in [7, 11) is 0. The largest absolute Gasteiger partial charge is 0.397 e. The van der Waals surface area contributed by atoms with Crippen LogP contribution in [-0.4, -0.2) is 12.5 Å². The van der Waals surface area contributed by atoms with Crippen molar-refractivity contribution < 1.29 is 4.79 Å². The van der Waals surface area contributed by atoms with Gasteiger partial charge in [0.1, 0.15) is 4.88 Å². The normalized spacial score (nSPS) is 11.2. The van der Waals surface area contributed by atoms with Crippen molar-refractivity contribution in [3.63, 3.8) is 0 Å². The molecular weight excluding hydrogens is 256 g/mol. The van der Waals surface area contributed by atoms with Gasteiger partial charge < -0.3 is 11.1 Å². The van der Waals surface area contributed by atoms with E-state index in [-0.39, 0.29) is 5.91 Å². The third kappa shape index (κ3) is 3.07. The number of nitrogens with two attached hydrogens (primary N) is 1. The van der Waals surface area contributed by atoms with E-state index in [9.17, 15) is 4.79 Å². The molecule has 1 heterocycles. The molecule has 19 heavy (non-hydrogen) atoms. The molecule has 0 atom stereocenters. The standard InChI is InChI=1S/C15H20N2OS/c1-9(2)6-7-17-15(18)14-13(16)11-5-4-10(3)8-12(11)19-14/h4-5,8-9H,6-7,16H2,1-3H3,(H,17,18). The number of hydrogen-bond acceptors (Lipinski definition) is 3. The lowest BCUT2D eigenvalue weighted by Crippen LogP contribution is -2.25. The summed E-state index contributed by atoms with van der Waals surface area (Å²) in [4.78, 5) is 12.7.